The van der Waals surface area contributed by atoms with Crippen LogP contribution in [0.2, 0.25) is 5.02 Å². The number of benzene rings is 1. The van der Waals surface area contributed by atoms with Gasteiger partial charge in [0.25, 0.3) is 0 Å². The molecule has 2 heterocycles. The third kappa shape index (κ3) is 2.98. The van der Waals surface area contributed by atoms with E-state index in [1.54, 1.807) is 0 Å². The second-order valence-electron chi connectivity index (χ2n) is 7.00. The van der Waals surface area contributed by atoms with Gasteiger partial charge < -0.3 is 9.26 Å². The molecule has 1 aliphatic heterocycles. The molecule has 1 aliphatic carbocycles. The monoisotopic (exact) mass is 346 g/mol. The highest BCUT2D eigenvalue weighted by atomic mass is 35.5. The van der Waals surface area contributed by atoms with E-state index >= 15 is 0 Å². The molecule has 2 aromatic rings. The van der Waals surface area contributed by atoms with Crippen LogP contribution in [0.3, 0.4) is 0 Å². The van der Waals surface area contributed by atoms with Crippen LogP contribution in [-0.4, -0.2) is 23.4 Å². The van der Waals surface area contributed by atoms with Crippen LogP contribution < -0.4 is 0 Å². The van der Waals surface area contributed by atoms with E-state index in [1.165, 1.54) is 32.1 Å². The van der Waals surface area contributed by atoms with Crippen LogP contribution in [0.4, 0.5) is 0 Å². The molecule has 0 amide bonds. The number of aromatic nitrogens is 2. The third-order valence-corrected chi connectivity index (χ3v) is 5.78. The first-order valence-electron chi connectivity index (χ1n) is 8.96. The van der Waals surface area contributed by atoms with Crippen LogP contribution in [0.25, 0.3) is 0 Å². The first-order valence-corrected chi connectivity index (χ1v) is 9.34. The maximum atomic E-state index is 6.24. The summed E-state index contributed by atoms with van der Waals surface area (Å²) in [7, 11) is 0. The van der Waals surface area contributed by atoms with Gasteiger partial charge in [0.1, 0.15) is 0 Å². The minimum Gasteiger partial charge on any atom is -0.381 e. The maximum Gasteiger partial charge on any atom is 0.237 e. The Morgan fingerprint density at radius 3 is 2.62 bits per heavy atom. The molecule has 0 atom stereocenters. The predicted molar refractivity (Wildman–Crippen MR) is 92.4 cm³/mol. The summed E-state index contributed by atoms with van der Waals surface area (Å²) in [5.74, 6) is 2.07. The number of rotatable bonds is 3. The molecule has 2 fully saturated rings. The van der Waals surface area contributed by atoms with Crippen LogP contribution in [0.15, 0.2) is 28.8 Å². The Bertz CT molecular complexity index is 688. The average Bonchev–Trinajstić information content (AvgIpc) is 3.14. The van der Waals surface area contributed by atoms with E-state index in [2.05, 4.69) is 11.2 Å². The SMILES string of the molecule is Clc1cccc(C2(c3nc(C4CCCCC4)no3)CCOCC2)c1. The molecule has 2 aliphatic rings. The molecule has 1 saturated carbocycles. The summed E-state index contributed by atoms with van der Waals surface area (Å²) in [6.45, 7) is 1.40. The van der Waals surface area contributed by atoms with Gasteiger partial charge in [0, 0.05) is 24.2 Å². The molecule has 4 nitrogen and oxygen atoms in total. The van der Waals surface area contributed by atoms with Crippen molar-refractivity contribution in [2.45, 2.75) is 56.3 Å². The fourth-order valence-electron chi connectivity index (χ4n) is 4.09. The van der Waals surface area contributed by atoms with Gasteiger partial charge in [0.05, 0.1) is 5.41 Å². The van der Waals surface area contributed by atoms with Gasteiger partial charge in [0.2, 0.25) is 5.89 Å². The molecule has 5 heteroatoms. The van der Waals surface area contributed by atoms with E-state index in [0.717, 1.165) is 35.1 Å². The Morgan fingerprint density at radius 1 is 1.08 bits per heavy atom. The largest absolute Gasteiger partial charge is 0.381 e. The Hall–Kier alpha value is -1.39. The lowest BCUT2D eigenvalue weighted by Crippen LogP contribution is -2.35. The van der Waals surface area contributed by atoms with Crippen molar-refractivity contribution in [1.82, 2.24) is 10.1 Å². The van der Waals surface area contributed by atoms with Crippen LogP contribution in [0.5, 0.6) is 0 Å². The van der Waals surface area contributed by atoms with Crippen molar-refractivity contribution in [2.24, 2.45) is 0 Å². The summed E-state index contributed by atoms with van der Waals surface area (Å²) >= 11 is 6.24. The van der Waals surface area contributed by atoms with Crippen molar-refractivity contribution in [3.05, 3.63) is 46.6 Å². The lowest BCUT2D eigenvalue weighted by atomic mass is 9.74. The van der Waals surface area contributed by atoms with E-state index in [1.807, 2.05) is 18.2 Å². The second-order valence-corrected chi connectivity index (χ2v) is 7.43. The Balaban J connectivity index is 1.70. The van der Waals surface area contributed by atoms with Gasteiger partial charge in [0.15, 0.2) is 5.82 Å². The predicted octanol–water partition coefficient (Wildman–Crippen LogP) is 4.87. The van der Waals surface area contributed by atoms with Crippen molar-refractivity contribution >= 4 is 11.6 Å². The molecule has 1 aromatic carbocycles. The summed E-state index contributed by atoms with van der Waals surface area (Å²) in [5.41, 5.74) is 0.875. The summed E-state index contributed by atoms with van der Waals surface area (Å²) in [6, 6.07) is 8.03. The molecule has 128 valence electrons. The van der Waals surface area contributed by atoms with Crippen molar-refractivity contribution < 1.29 is 9.26 Å². The fourth-order valence-corrected chi connectivity index (χ4v) is 4.28. The van der Waals surface area contributed by atoms with Crippen molar-refractivity contribution in [1.29, 1.82) is 0 Å². The minimum atomic E-state index is -0.275. The zero-order valence-electron chi connectivity index (χ0n) is 13.8. The van der Waals surface area contributed by atoms with Crippen molar-refractivity contribution in [3.8, 4) is 0 Å². The zero-order chi connectivity index (χ0) is 16.4. The normalized spacial score (nSPS) is 21.7. The lowest BCUT2D eigenvalue weighted by molar-refractivity contribution is 0.0523. The number of halogens is 1. The number of nitrogens with zero attached hydrogens (tertiary/aromatic N) is 2. The Morgan fingerprint density at radius 2 is 1.88 bits per heavy atom. The van der Waals surface area contributed by atoms with Gasteiger partial charge >= 0.3 is 0 Å². The minimum absolute atomic E-state index is 0.275. The van der Waals surface area contributed by atoms with Crippen LogP contribution in [0, 0.1) is 0 Å². The lowest BCUT2D eigenvalue weighted by Gasteiger charge is -2.34. The topological polar surface area (TPSA) is 48.2 Å². The van der Waals surface area contributed by atoms with Crippen molar-refractivity contribution in [2.75, 3.05) is 13.2 Å². The molecule has 0 N–H and O–H groups in total. The summed E-state index contributed by atoms with van der Waals surface area (Å²) < 4.78 is 11.4. The summed E-state index contributed by atoms with van der Waals surface area (Å²) in [4.78, 5) is 4.86. The van der Waals surface area contributed by atoms with Gasteiger partial charge in [-0.3, -0.25) is 0 Å². The summed E-state index contributed by atoms with van der Waals surface area (Å²) in [5, 5.41) is 5.09. The molecular weight excluding hydrogens is 324 g/mol. The van der Waals surface area contributed by atoms with E-state index in [0.29, 0.717) is 19.1 Å². The molecule has 0 unspecified atom stereocenters. The van der Waals surface area contributed by atoms with E-state index in [9.17, 15) is 0 Å². The smallest absolute Gasteiger partial charge is 0.237 e. The van der Waals surface area contributed by atoms with Crippen LogP contribution in [0.1, 0.15) is 68.1 Å². The standard InChI is InChI=1S/C19H23ClN2O2/c20-16-8-4-7-15(13-16)19(9-11-23-12-10-19)18-21-17(22-24-18)14-5-2-1-3-6-14/h4,7-8,13-14H,1-3,5-6,9-12H2. The quantitative estimate of drug-likeness (QED) is 0.795. The third-order valence-electron chi connectivity index (χ3n) is 5.54. The molecular formula is C19H23ClN2O2. The van der Waals surface area contributed by atoms with Crippen molar-refractivity contribution in [3.63, 3.8) is 0 Å². The molecule has 1 aromatic heterocycles. The maximum absolute atomic E-state index is 6.24. The Labute approximate surface area is 147 Å². The molecule has 0 radical (unpaired) electrons. The van der Waals surface area contributed by atoms with E-state index in [4.69, 9.17) is 25.8 Å². The highest BCUT2D eigenvalue weighted by Crippen LogP contribution is 2.42. The van der Waals surface area contributed by atoms with E-state index in [-0.39, 0.29) is 5.41 Å². The fraction of sp³-hybridized carbons (Fsp3) is 0.579. The van der Waals surface area contributed by atoms with Gasteiger partial charge in [-0.05, 0) is 43.4 Å². The second kappa shape index (κ2) is 6.85. The number of ether oxygens (including phenoxy) is 1. The van der Waals surface area contributed by atoms with E-state index < -0.39 is 0 Å². The first-order chi connectivity index (χ1) is 11.8. The van der Waals surface area contributed by atoms with Crippen LogP contribution in [-0.2, 0) is 10.2 Å². The van der Waals surface area contributed by atoms with Gasteiger partial charge in [-0.15, -0.1) is 0 Å². The molecule has 1 saturated heterocycles. The van der Waals surface area contributed by atoms with Crippen LogP contribution >= 0.6 is 11.6 Å². The average molecular weight is 347 g/mol. The highest BCUT2D eigenvalue weighted by Gasteiger charge is 2.42. The highest BCUT2D eigenvalue weighted by molar-refractivity contribution is 6.30. The van der Waals surface area contributed by atoms with Gasteiger partial charge in [-0.25, -0.2) is 0 Å². The Kier molecular flexibility index (Phi) is 4.59. The van der Waals surface area contributed by atoms with Gasteiger partial charge in [-0.1, -0.05) is 48.2 Å². The molecule has 24 heavy (non-hydrogen) atoms. The number of hydrogen-bond acceptors (Lipinski definition) is 4. The molecule has 0 bridgehead atoms. The summed E-state index contributed by atoms with van der Waals surface area (Å²) in [6.07, 6.45) is 7.90. The molecule has 4 rings (SSSR count). The number of hydrogen-bond donors (Lipinski definition) is 0. The molecule has 0 spiro atoms. The zero-order valence-corrected chi connectivity index (χ0v) is 14.6. The van der Waals surface area contributed by atoms with Gasteiger partial charge in [-0.2, -0.15) is 4.98 Å². The first kappa shape index (κ1) is 16.1.